The number of methoxy groups -OCH3 is 1. The lowest BCUT2D eigenvalue weighted by Gasteiger charge is -2.24. The van der Waals surface area contributed by atoms with Gasteiger partial charge in [-0.2, -0.15) is 0 Å². The summed E-state index contributed by atoms with van der Waals surface area (Å²) in [6.07, 6.45) is 0.603. The van der Waals surface area contributed by atoms with Gasteiger partial charge in [-0.1, -0.05) is 32.0 Å². The summed E-state index contributed by atoms with van der Waals surface area (Å²) in [5.74, 6) is 0.862. The predicted octanol–water partition coefficient (Wildman–Crippen LogP) is 3.36. The molecule has 1 aliphatic rings. The van der Waals surface area contributed by atoms with Crippen molar-refractivity contribution in [3.05, 3.63) is 59.7 Å². The topological polar surface area (TPSA) is 75.7 Å². The van der Waals surface area contributed by atoms with Crippen molar-refractivity contribution in [2.45, 2.75) is 26.3 Å². The van der Waals surface area contributed by atoms with Crippen LogP contribution in [-0.2, 0) is 10.0 Å². The maximum absolute atomic E-state index is 12.9. The van der Waals surface area contributed by atoms with Crippen molar-refractivity contribution in [2.75, 3.05) is 23.7 Å². The molecule has 0 saturated carbocycles. The van der Waals surface area contributed by atoms with Gasteiger partial charge in [0.1, 0.15) is 5.75 Å². The smallest absolute Gasteiger partial charge is 0.251 e. The van der Waals surface area contributed by atoms with Gasteiger partial charge in [0, 0.05) is 12.1 Å². The Bertz CT molecular complexity index is 939. The molecule has 150 valence electrons. The van der Waals surface area contributed by atoms with E-state index >= 15 is 0 Å². The number of hydrogen-bond acceptors (Lipinski definition) is 4. The molecule has 2 aromatic carbocycles. The van der Waals surface area contributed by atoms with Crippen molar-refractivity contribution < 1.29 is 17.9 Å². The molecule has 1 N–H and O–H groups in total. The minimum atomic E-state index is -3.28. The third-order valence-electron chi connectivity index (χ3n) is 4.92. The van der Waals surface area contributed by atoms with Crippen LogP contribution in [0.2, 0.25) is 0 Å². The molecule has 7 heteroatoms. The third-order valence-corrected chi connectivity index (χ3v) is 6.79. The molecule has 0 bridgehead atoms. The summed E-state index contributed by atoms with van der Waals surface area (Å²) in [7, 11) is -1.66. The van der Waals surface area contributed by atoms with E-state index in [0.717, 1.165) is 11.3 Å². The second-order valence-corrected chi connectivity index (χ2v) is 9.27. The molecule has 0 aromatic heterocycles. The molecule has 0 spiro atoms. The van der Waals surface area contributed by atoms with E-state index in [1.54, 1.807) is 31.4 Å². The van der Waals surface area contributed by atoms with E-state index in [4.69, 9.17) is 4.74 Å². The fraction of sp³-hybridized carbons (Fsp3) is 0.381. The molecule has 6 nitrogen and oxygen atoms in total. The largest absolute Gasteiger partial charge is 0.497 e. The van der Waals surface area contributed by atoms with E-state index in [-0.39, 0.29) is 23.6 Å². The van der Waals surface area contributed by atoms with Crippen LogP contribution >= 0.6 is 0 Å². The molecule has 3 rings (SSSR count). The van der Waals surface area contributed by atoms with E-state index in [2.05, 4.69) is 5.32 Å². The van der Waals surface area contributed by atoms with Crippen LogP contribution in [0.25, 0.3) is 0 Å². The second-order valence-electron chi connectivity index (χ2n) is 7.26. The number of carbonyl (C=O) groups excluding carboxylic acids is 1. The highest BCUT2D eigenvalue weighted by Crippen LogP contribution is 2.27. The number of hydrogen-bond donors (Lipinski definition) is 1. The molecule has 1 fully saturated rings. The van der Waals surface area contributed by atoms with Crippen molar-refractivity contribution in [3.63, 3.8) is 0 Å². The molecule has 1 atom stereocenters. The fourth-order valence-corrected chi connectivity index (χ4v) is 4.96. The summed E-state index contributed by atoms with van der Waals surface area (Å²) in [6.45, 7) is 4.54. The number of nitrogens with zero attached hydrogens (tertiary/aromatic N) is 1. The van der Waals surface area contributed by atoms with E-state index in [9.17, 15) is 13.2 Å². The number of nitrogens with one attached hydrogen (secondary N) is 1. The van der Waals surface area contributed by atoms with Crippen LogP contribution in [0.4, 0.5) is 5.69 Å². The summed E-state index contributed by atoms with van der Waals surface area (Å²) in [6, 6.07) is 14.2. The Hall–Kier alpha value is -2.54. The number of benzene rings is 2. The van der Waals surface area contributed by atoms with Crippen molar-refractivity contribution >= 4 is 21.6 Å². The van der Waals surface area contributed by atoms with Gasteiger partial charge in [-0.25, -0.2) is 8.42 Å². The molecule has 1 saturated heterocycles. The Balaban J connectivity index is 1.81. The molecule has 1 unspecified atom stereocenters. The lowest BCUT2D eigenvalue weighted by atomic mass is 9.95. The molecule has 28 heavy (non-hydrogen) atoms. The fourth-order valence-electron chi connectivity index (χ4n) is 3.40. The van der Waals surface area contributed by atoms with Crippen molar-refractivity contribution in [2.24, 2.45) is 5.92 Å². The summed E-state index contributed by atoms with van der Waals surface area (Å²) < 4.78 is 30.9. The first-order valence-corrected chi connectivity index (χ1v) is 11.0. The lowest BCUT2D eigenvalue weighted by Crippen LogP contribution is -2.32. The third kappa shape index (κ3) is 4.30. The summed E-state index contributed by atoms with van der Waals surface area (Å²) >= 11 is 0. The van der Waals surface area contributed by atoms with Gasteiger partial charge in [0.15, 0.2) is 0 Å². The van der Waals surface area contributed by atoms with Crippen LogP contribution in [0, 0.1) is 5.92 Å². The van der Waals surface area contributed by atoms with E-state index in [0.29, 0.717) is 24.2 Å². The number of sulfonamides is 1. The van der Waals surface area contributed by atoms with Crippen LogP contribution in [0.5, 0.6) is 5.75 Å². The first-order valence-electron chi connectivity index (χ1n) is 9.37. The van der Waals surface area contributed by atoms with E-state index < -0.39 is 10.0 Å². The average molecular weight is 403 g/mol. The summed E-state index contributed by atoms with van der Waals surface area (Å²) in [5, 5.41) is 3.08. The van der Waals surface area contributed by atoms with Gasteiger partial charge in [0.2, 0.25) is 10.0 Å². The number of carbonyl (C=O) groups is 1. The monoisotopic (exact) mass is 402 g/mol. The number of rotatable bonds is 6. The molecule has 0 aliphatic carbocycles. The standard InChI is InChI=1S/C21H26N2O4S/c1-15(2)20(16-8-10-19(27-3)11-9-16)22-21(24)17-6-4-7-18(14-17)23-12-5-13-28(23,25)26/h4,6-11,14-15,20H,5,12-13H2,1-3H3,(H,22,24). The van der Waals surface area contributed by atoms with Crippen LogP contribution in [0.1, 0.15) is 42.2 Å². The molecule has 2 aromatic rings. The van der Waals surface area contributed by atoms with Crippen LogP contribution in [0.3, 0.4) is 0 Å². The lowest BCUT2D eigenvalue weighted by molar-refractivity contribution is 0.0925. The normalized spacial score (nSPS) is 16.8. The van der Waals surface area contributed by atoms with Gasteiger partial charge in [-0.05, 0) is 48.2 Å². The Morgan fingerprint density at radius 2 is 1.86 bits per heavy atom. The van der Waals surface area contributed by atoms with Gasteiger partial charge >= 0.3 is 0 Å². The van der Waals surface area contributed by atoms with Gasteiger partial charge in [-0.3, -0.25) is 9.10 Å². The molecule has 0 radical (unpaired) electrons. The number of amides is 1. The zero-order chi connectivity index (χ0) is 20.3. The van der Waals surface area contributed by atoms with Gasteiger partial charge in [-0.15, -0.1) is 0 Å². The van der Waals surface area contributed by atoms with Crippen LogP contribution in [-0.4, -0.2) is 33.7 Å². The highest BCUT2D eigenvalue weighted by atomic mass is 32.2. The summed E-state index contributed by atoms with van der Waals surface area (Å²) in [5.41, 5.74) is 1.97. The van der Waals surface area contributed by atoms with Gasteiger partial charge in [0.25, 0.3) is 5.91 Å². The van der Waals surface area contributed by atoms with E-state index in [1.165, 1.54) is 4.31 Å². The minimum absolute atomic E-state index is 0.149. The molecule has 1 aliphatic heterocycles. The van der Waals surface area contributed by atoms with Crippen molar-refractivity contribution in [1.82, 2.24) is 5.32 Å². The Labute approximate surface area is 166 Å². The first-order chi connectivity index (χ1) is 13.3. The Kier molecular flexibility index (Phi) is 5.93. The Morgan fingerprint density at radius 1 is 1.14 bits per heavy atom. The maximum Gasteiger partial charge on any atom is 0.251 e. The molecular formula is C21H26N2O4S. The second kappa shape index (κ2) is 8.22. The molecular weight excluding hydrogens is 376 g/mol. The quantitative estimate of drug-likeness (QED) is 0.804. The Morgan fingerprint density at radius 3 is 2.43 bits per heavy atom. The van der Waals surface area contributed by atoms with E-state index in [1.807, 2.05) is 38.1 Å². The first kappa shape index (κ1) is 20.2. The van der Waals surface area contributed by atoms with Crippen molar-refractivity contribution in [1.29, 1.82) is 0 Å². The highest BCUT2D eigenvalue weighted by Gasteiger charge is 2.29. The predicted molar refractivity (Wildman–Crippen MR) is 110 cm³/mol. The number of ether oxygens (including phenoxy) is 1. The zero-order valence-corrected chi connectivity index (χ0v) is 17.2. The maximum atomic E-state index is 12.9. The molecule has 1 heterocycles. The van der Waals surface area contributed by atoms with Gasteiger partial charge in [0.05, 0.1) is 24.6 Å². The average Bonchev–Trinajstić information content (AvgIpc) is 3.05. The van der Waals surface area contributed by atoms with Crippen LogP contribution in [0.15, 0.2) is 48.5 Å². The summed E-state index contributed by atoms with van der Waals surface area (Å²) in [4.78, 5) is 12.9. The minimum Gasteiger partial charge on any atom is -0.497 e. The molecule has 1 amide bonds. The SMILES string of the molecule is COc1ccc(C(NC(=O)c2cccc(N3CCCS3(=O)=O)c2)C(C)C)cc1. The number of anilines is 1. The van der Waals surface area contributed by atoms with Crippen molar-refractivity contribution in [3.8, 4) is 5.75 Å². The highest BCUT2D eigenvalue weighted by molar-refractivity contribution is 7.93. The van der Waals surface area contributed by atoms with Crippen LogP contribution < -0.4 is 14.4 Å². The zero-order valence-electron chi connectivity index (χ0n) is 16.4. The van der Waals surface area contributed by atoms with Gasteiger partial charge < -0.3 is 10.1 Å².